The van der Waals surface area contributed by atoms with Crippen molar-refractivity contribution in [3.05, 3.63) is 0 Å². The number of nitrogens with two attached hydrogens (primary N) is 1. The number of rotatable bonds is 7. The molecule has 0 aromatic heterocycles. The molecule has 3 N–H and O–H groups in total. The Balaban J connectivity index is 2.48. The van der Waals surface area contributed by atoms with Crippen LogP contribution in [0.3, 0.4) is 0 Å². The number of hydrogen-bond donors (Lipinski definition) is 2. The summed E-state index contributed by atoms with van der Waals surface area (Å²) >= 11 is 0. The molecule has 0 saturated heterocycles. The van der Waals surface area contributed by atoms with Crippen molar-refractivity contribution in [3.8, 4) is 0 Å². The summed E-state index contributed by atoms with van der Waals surface area (Å²) in [5.74, 6) is 0.877. The Bertz CT molecular complexity index is 200. The zero-order valence-electron chi connectivity index (χ0n) is 11.6. The summed E-state index contributed by atoms with van der Waals surface area (Å²) < 4.78 is 0. The van der Waals surface area contributed by atoms with Crippen LogP contribution in [-0.4, -0.2) is 42.8 Å². The third-order valence-electron chi connectivity index (χ3n) is 4.41. The molecule has 0 heterocycles. The highest BCUT2D eigenvalue weighted by atomic mass is 16.3. The molecule has 3 nitrogen and oxygen atoms in total. The molecule has 0 radical (unpaired) electrons. The van der Waals surface area contributed by atoms with E-state index in [9.17, 15) is 0 Å². The predicted octanol–water partition coefficient (Wildman–Crippen LogP) is 1.85. The van der Waals surface area contributed by atoms with Gasteiger partial charge in [0, 0.05) is 19.7 Å². The van der Waals surface area contributed by atoms with E-state index in [0.717, 1.165) is 38.5 Å². The molecule has 1 saturated carbocycles. The van der Waals surface area contributed by atoms with Crippen LogP contribution in [0.5, 0.6) is 0 Å². The highest BCUT2D eigenvalue weighted by Gasteiger charge is 2.34. The molecule has 1 fully saturated rings. The van der Waals surface area contributed by atoms with Gasteiger partial charge in [-0.15, -0.1) is 0 Å². The highest BCUT2D eigenvalue weighted by molar-refractivity contribution is 4.88. The van der Waals surface area contributed by atoms with Crippen LogP contribution < -0.4 is 5.73 Å². The van der Waals surface area contributed by atoms with Gasteiger partial charge in [0.05, 0.1) is 0 Å². The smallest absolute Gasteiger partial charge is 0.0443 e. The van der Waals surface area contributed by atoms with E-state index in [0.29, 0.717) is 12.0 Å². The zero-order valence-corrected chi connectivity index (χ0v) is 11.6. The summed E-state index contributed by atoms with van der Waals surface area (Å²) in [5, 5.41) is 8.92. The van der Waals surface area contributed by atoms with Gasteiger partial charge in [-0.1, -0.05) is 26.7 Å². The van der Waals surface area contributed by atoms with Crippen molar-refractivity contribution in [1.29, 1.82) is 0 Å². The fraction of sp³-hybridized carbons (Fsp3) is 1.00. The minimum absolute atomic E-state index is 0.295. The molecule has 0 amide bonds. The van der Waals surface area contributed by atoms with Crippen LogP contribution in [0, 0.1) is 11.3 Å². The monoisotopic (exact) mass is 242 g/mol. The molecule has 0 spiro atoms. The number of aliphatic hydroxyl groups is 1. The lowest BCUT2D eigenvalue weighted by Crippen LogP contribution is -2.45. The van der Waals surface area contributed by atoms with Gasteiger partial charge in [0.25, 0.3) is 0 Å². The summed E-state index contributed by atoms with van der Waals surface area (Å²) in [7, 11) is 0. The maximum Gasteiger partial charge on any atom is 0.0443 e. The Hall–Kier alpha value is -0.120. The number of nitrogens with zero attached hydrogens (tertiary/aromatic N) is 1. The summed E-state index contributed by atoms with van der Waals surface area (Å²) in [6, 6.07) is 0. The molecule has 3 heteroatoms. The molecule has 1 rings (SSSR count). The van der Waals surface area contributed by atoms with Crippen LogP contribution in [0.25, 0.3) is 0 Å². The van der Waals surface area contributed by atoms with E-state index in [1.807, 2.05) is 0 Å². The topological polar surface area (TPSA) is 49.5 Å². The van der Waals surface area contributed by atoms with Gasteiger partial charge in [0.15, 0.2) is 0 Å². The molecule has 0 aromatic carbocycles. The first-order valence-corrected chi connectivity index (χ1v) is 7.19. The molecule has 1 aliphatic rings. The maximum absolute atomic E-state index is 8.92. The third-order valence-corrected chi connectivity index (χ3v) is 4.41. The summed E-state index contributed by atoms with van der Waals surface area (Å²) in [5.41, 5.74) is 6.38. The van der Waals surface area contributed by atoms with Crippen LogP contribution >= 0.6 is 0 Å². The highest BCUT2D eigenvalue weighted by Crippen LogP contribution is 2.38. The molecule has 1 aliphatic carbocycles. The van der Waals surface area contributed by atoms with E-state index in [-0.39, 0.29) is 0 Å². The van der Waals surface area contributed by atoms with Crippen molar-refractivity contribution in [3.63, 3.8) is 0 Å². The van der Waals surface area contributed by atoms with Crippen LogP contribution in [0.15, 0.2) is 0 Å². The van der Waals surface area contributed by atoms with Gasteiger partial charge in [0.2, 0.25) is 0 Å². The van der Waals surface area contributed by atoms with Gasteiger partial charge in [-0.2, -0.15) is 0 Å². The molecule has 102 valence electrons. The van der Waals surface area contributed by atoms with Gasteiger partial charge in [0.1, 0.15) is 0 Å². The summed E-state index contributed by atoms with van der Waals surface area (Å²) in [4.78, 5) is 2.46. The van der Waals surface area contributed by atoms with Crippen molar-refractivity contribution >= 4 is 0 Å². The molecule has 0 aliphatic heterocycles. The summed E-state index contributed by atoms with van der Waals surface area (Å²) in [6.45, 7) is 8.85. The number of hydrogen-bond acceptors (Lipinski definition) is 3. The van der Waals surface area contributed by atoms with Crippen molar-refractivity contribution in [2.24, 2.45) is 17.1 Å². The Morgan fingerprint density at radius 2 is 2.00 bits per heavy atom. The first-order chi connectivity index (χ1) is 8.15. The van der Waals surface area contributed by atoms with Gasteiger partial charge < -0.3 is 15.7 Å². The second kappa shape index (κ2) is 7.34. The predicted molar refractivity (Wildman–Crippen MR) is 72.9 cm³/mol. The van der Waals surface area contributed by atoms with E-state index < -0.39 is 0 Å². The molecule has 0 bridgehead atoms. The largest absolute Gasteiger partial charge is 0.396 e. The van der Waals surface area contributed by atoms with Gasteiger partial charge in [-0.3, -0.25) is 0 Å². The van der Waals surface area contributed by atoms with E-state index in [1.165, 1.54) is 25.7 Å². The lowest BCUT2D eigenvalue weighted by Gasteiger charge is -2.42. The van der Waals surface area contributed by atoms with Crippen molar-refractivity contribution in [2.45, 2.75) is 46.0 Å². The second-order valence-corrected chi connectivity index (χ2v) is 5.83. The van der Waals surface area contributed by atoms with Gasteiger partial charge >= 0.3 is 0 Å². The number of aliphatic hydroxyl groups excluding tert-OH is 1. The van der Waals surface area contributed by atoms with E-state index >= 15 is 0 Å². The molecule has 17 heavy (non-hydrogen) atoms. The average molecular weight is 242 g/mol. The molecule has 0 unspecified atom stereocenters. The minimum Gasteiger partial charge on any atom is -0.396 e. The quantitative estimate of drug-likeness (QED) is 0.716. The van der Waals surface area contributed by atoms with Crippen molar-refractivity contribution < 1.29 is 5.11 Å². The van der Waals surface area contributed by atoms with Crippen LogP contribution in [0.4, 0.5) is 0 Å². The normalized spacial score (nSPS) is 29.8. The van der Waals surface area contributed by atoms with Crippen molar-refractivity contribution in [1.82, 2.24) is 4.90 Å². The fourth-order valence-corrected chi connectivity index (χ4v) is 2.92. The Kier molecular flexibility index (Phi) is 6.45. The van der Waals surface area contributed by atoms with Crippen LogP contribution in [0.2, 0.25) is 0 Å². The molecular weight excluding hydrogens is 212 g/mol. The Morgan fingerprint density at radius 1 is 1.35 bits per heavy atom. The first-order valence-electron chi connectivity index (χ1n) is 7.19. The van der Waals surface area contributed by atoms with E-state index in [4.69, 9.17) is 10.8 Å². The SMILES string of the molecule is CCN(CCCO)CC1(CN)CCC(C)CC1. The zero-order chi connectivity index (χ0) is 12.7. The van der Waals surface area contributed by atoms with Gasteiger partial charge in [-0.05, 0) is 43.7 Å². The molecular formula is C14H30N2O. The Labute approximate surface area is 106 Å². The third kappa shape index (κ3) is 4.57. The minimum atomic E-state index is 0.295. The Morgan fingerprint density at radius 3 is 2.47 bits per heavy atom. The lowest BCUT2D eigenvalue weighted by molar-refractivity contribution is 0.0933. The lowest BCUT2D eigenvalue weighted by atomic mass is 9.70. The average Bonchev–Trinajstić information content (AvgIpc) is 2.37. The van der Waals surface area contributed by atoms with E-state index in [1.54, 1.807) is 0 Å². The van der Waals surface area contributed by atoms with Gasteiger partial charge in [-0.25, -0.2) is 0 Å². The maximum atomic E-state index is 8.92. The molecule has 0 aromatic rings. The molecule has 0 atom stereocenters. The van der Waals surface area contributed by atoms with Crippen LogP contribution in [0.1, 0.15) is 46.0 Å². The van der Waals surface area contributed by atoms with Crippen LogP contribution in [-0.2, 0) is 0 Å². The first kappa shape index (κ1) is 14.9. The van der Waals surface area contributed by atoms with Crippen molar-refractivity contribution in [2.75, 3.05) is 32.8 Å². The fourth-order valence-electron chi connectivity index (χ4n) is 2.92. The van der Waals surface area contributed by atoms with E-state index in [2.05, 4.69) is 18.7 Å². The second-order valence-electron chi connectivity index (χ2n) is 5.83. The summed E-state index contributed by atoms with van der Waals surface area (Å²) in [6.07, 6.45) is 6.09. The standard InChI is InChI=1S/C14H30N2O/c1-3-16(9-4-10-17)12-14(11-15)7-5-13(2)6-8-14/h13,17H,3-12,15H2,1-2H3.